The van der Waals surface area contributed by atoms with Gasteiger partial charge in [0.05, 0.1) is 0 Å². The number of carboxylic acid groups (broad SMARTS) is 1. The predicted molar refractivity (Wildman–Crippen MR) is 93.2 cm³/mol. The zero-order valence-corrected chi connectivity index (χ0v) is 13.8. The molecule has 0 bridgehead atoms. The molecule has 5 nitrogen and oxygen atoms in total. The summed E-state index contributed by atoms with van der Waals surface area (Å²) in [4.78, 5) is 10.7. The van der Waals surface area contributed by atoms with Crippen LogP contribution in [0.4, 0.5) is 18.9 Å². The van der Waals surface area contributed by atoms with Crippen molar-refractivity contribution in [2.45, 2.75) is 19.0 Å². The Bertz CT molecular complexity index is 916. The van der Waals surface area contributed by atoms with Crippen molar-refractivity contribution in [2.24, 2.45) is 5.73 Å². The van der Waals surface area contributed by atoms with E-state index in [2.05, 4.69) is 18.9 Å². The lowest BCUT2D eigenvalue weighted by Gasteiger charge is -2.17. The van der Waals surface area contributed by atoms with Crippen LogP contribution in [0.3, 0.4) is 0 Å². The summed E-state index contributed by atoms with van der Waals surface area (Å²) in [6.07, 6.45) is 0.473. The Hall–Kier alpha value is -3.21. The van der Waals surface area contributed by atoms with E-state index in [9.17, 15) is 13.2 Å². The number of aliphatic carboxylic acids is 1. The molecule has 3 rings (SSSR count). The van der Waals surface area contributed by atoms with E-state index in [0.29, 0.717) is 5.92 Å². The van der Waals surface area contributed by atoms with Crippen LogP contribution in [0.5, 0.6) is 0 Å². The largest absolute Gasteiger partial charge is 0.490 e. The number of benzene rings is 2. The van der Waals surface area contributed by atoms with Crippen LogP contribution in [0.2, 0.25) is 0 Å². The molecule has 0 saturated heterocycles. The third kappa shape index (κ3) is 3.57. The van der Waals surface area contributed by atoms with E-state index in [1.165, 1.54) is 10.9 Å². The minimum Gasteiger partial charge on any atom is -0.475 e. The molecule has 1 aliphatic heterocycles. The molecule has 2 aromatic rings. The third-order valence-electron chi connectivity index (χ3n) is 4.01. The van der Waals surface area contributed by atoms with Crippen molar-refractivity contribution >= 4 is 28.4 Å². The van der Waals surface area contributed by atoms with Gasteiger partial charge in [-0.05, 0) is 28.5 Å². The van der Waals surface area contributed by atoms with Crippen molar-refractivity contribution < 1.29 is 23.1 Å². The maximum Gasteiger partial charge on any atom is 0.490 e. The molecule has 8 heteroatoms. The molecule has 1 heterocycles. The van der Waals surface area contributed by atoms with Gasteiger partial charge >= 0.3 is 12.1 Å². The summed E-state index contributed by atoms with van der Waals surface area (Å²) in [5.74, 6) is 0.411. The molecule has 1 atom stereocenters. The van der Waals surface area contributed by atoms with E-state index >= 15 is 0 Å². The van der Waals surface area contributed by atoms with Crippen LogP contribution >= 0.6 is 0 Å². The van der Waals surface area contributed by atoms with E-state index < -0.39 is 12.1 Å². The maximum atomic E-state index is 10.6. The smallest absolute Gasteiger partial charge is 0.475 e. The van der Waals surface area contributed by atoms with Crippen LogP contribution in [0.25, 0.3) is 10.8 Å². The molecule has 1 unspecified atom stereocenters. The van der Waals surface area contributed by atoms with Gasteiger partial charge in [0.2, 0.25) is 0 Å². The van der Waals surface area contributed by atoms with Gasteiger partial charge < -0.3 is 15.7 Å². The number of anilines is 1. The molecule has 0 fully saturated rings. The summed E-state index contributed by atoms with van der Waals surface area (Å²) in [5, 5.41) is 17.1. The molecule has 26 heavy (non-hydrogen) atoms. The lowest BCUT2D eigenvalue weighted by Crippen LogP contribution is -2.35. The Balaban J connectivity index is 0.000000298. The average Bonchev–Trinajstić information content (AvgIpc) is 2.91. The topological polar surface area (TPSA) is 90.4 Å². The van der Waals surface area contributed by atoms with Crippen LogP contribution in [0.15, 0.2) is 30.3 Å². The van der Waals surface area contributed by atoms with Crippen LogP contribution in [0, 0.1) is 17.8 Å². The molecule has 0 amide bonds. The van der Waals surface area contributed by atoms with Crippen molar-refractivity contribution in [3.05, 3.63) is 41.5 Å². The normalized spacial score (nSPS) is 15.7. The number of nitrogens with zero attached hydrogens (tertiary/aromatic N) is 1. The van der Waals surface area contributed by atoms with Crippen LogP contribution in [-0.2, 0) is 4.79 Å². The highest BCUT2D eigenvalue weighted by atomic mass is 19.4. The quantitative estimate of drug-likeness (QED) is 0.381. The zero-order chi connectivity index (χ0) is 19.6. The first kappa shape index (κ1) is 19.1. The van der Waals surface area contributed by atoms with Crippen LogP contribution in [-0.4, -0.2) is 29.8 Å². The SMILES string of the molecule is C#Cc1cccc2c3c(ccc12)N(C(=N)N)CC3C.O=C(O)C(F)(F)F. The Kier molecular flexibility index (Phi) is 5.12. The second kappa shape index (κ2) is 6.96. The summed E-state index contributed by atoms with van der Waals surface area (Å²) in [7, 11) is 0. The fourth-order valence-corrected chi connectivity index (χ4v) is 2.94. The third-order valence-corrected chi connectivity index (χ3v) is 4.01. The molecule has 4 N–H and O–H groups in total. The first-order chi connectivity index (χ1) is 12.1. The highest BCUT2D eigenvalue weighted by Crippen LogP contribution is 2.41. The average molecular weight is 363 g/mol. The number of hydrogen-bond acceptors (Lipinski definition) is 2. The summed E-state index contributed by atoms with van der Waals surface area (Å²) >= 11 is 0. The van der Waals surface area contributed by atoms with Gasteiger partial charge in [-0.25, -0.2) is 4.79 Å². The molecule has 0 aromatic heterocycles. The molecule has 0 aliphatic carbocycles. The number of guanidine groups is 1. The Labute approximate surface area is 147 Å². The number of hydrogen-bond donors (Lipinski definition) is 3. The maximum absolute atomic E-state index is 10.6. The molecule has 2 aromatic carbocycles. The van der Waals surface area contributed by atoms with E-state index in [1.807, 2.05) is 29.2 Å². The van der Waals surface area contributed by atoms with Crippen LogP contribution < -0.4 is 10.6 Å². The van der Waals surface area contributed by atoms with E-state index in [1.54, 1.807) is 0 Å². The summed E-state index contributed by atoms with van der Waals surface area (Å²) < 4.78 is 31.7. The number of terminal acetylenes is 1. The second-order valence-electron chi connectivity index (χ2n) is 5.74. The fourth-order valence-electron chi connectivity index (χ4n) is 2.94. The molecule has 0 spiro atoms. The van der Waals surface area contributed by atoms with Crippen molar-refractivity contribution in [1.82, 2.24) is 0 Å². The zero-order valence-electron chi connectivity index (χ0n) is 13.8. The van der Waals surface area contributed by atoms with Gasteiger partial charge in [0.1, 0.15) is 0 Å². The highest BCUT2D eigenvalue weighted by Gasteiger charge is 2.38. The van der Waals surface area contributed by atoms with Crippen LogP contribution in [0.1, 0.15) is 24.0 Å². The molecule has 136 valence electrons. The number of nitrogens with two attached hydrogens (primary N) is 1. The van der Waals surface area contributed by atoms with E-state index in [0.717, 1.165) is 23.2 Å². The summed E-state index contributed by atoms with van der Waals surface area (Å²) in [5.41, 5.74) is 8.83. The molecule has 0 saturated carbocycles. The molecule has 1 aliphatic rings. The predicted octanol–water partition coefficient (Wildman–Crippen LogP) is 3.27. The number of carboxylic acids is 1. The lowest BCUT2D eigenvalue weighted by atomic mass is 9.94. The van der Waals surface area contributed by atoms with Gasteiger partial charge in [0, 0.05) is 23.7 Å². The molecule has 0 radical (unpaired) electrons. The lowest BCUT2D eigenvalue weighted by molar-refractivity contribution is -0.192. The number of halogens is 3. The van der Waals surface area contributed by atoms with Gasteiger partial charge in [0.15, 0.2) is 5.96 Å². The van der Waals surface area contributed by atoms with Gasteiger partial charge in [-0.1, -0.05) is 31.0 Å². The van der Waals surface area contributed by atoms with Crippen molar-refractivity contribution in [3.63, 3.8) is 0 Å². The summed E-state index contributed by atoms with van der Waals surface area (Å²) in [6.45, 7) is 2.91. The minimum atomic E-state index is -5.08. The Morgan fingerprint density at radius 2 is 1.96 bits per heavy atom. The standard InChI is InChI=1S/C16H15N3.C2HF3O2/c1-3-11-5-4-6-13-12(11)7-8-14-15(13)10(2)9-19(14)16(17)18;3-2(4,5)1(6)7/h1,4-8,10H,9H2,2H3,(H3,17,18);(H,6,7). The number of fused-ring (bicyclic) bond motifs is 3. The minimum absolute atomic E-state index is 0.0954. The monoisotopic (exact) mass is 363 g/mol. The van der Waals surface area contributed by atoms with Crippen molar-refractivity contribution in [1.29, 1.82) is 5.41 Å². The first-order valence-corrected chi connectivity index (χ1v) is 7.51. The highest BCUT2D eigenvalue weighted by molar-refractivity contribution is 6.02. The number of rotatable bonds is 0. The van der Waals surface area contributed by atoms with Gasteiger partial charge in [-0.2, -0.15) is 13.2 Å². The van der Waals surface area contributed by atoms with Gasteiger partial charge in [0.25, 0.3) is 0 Å². The number of alkyl halides is 3. The Morgan fingerprint density at radius 1 is 1.35 bits per heavy atom. The van der Waals surface area contributed by atoms with Crippen molar-refractivity contribution in [2.75, 3.05) is 11.4 Å². The summed E-state index contributed by atoms with van der Waals surface area (Å²) in [6, 6.07) is 10.1. The van der Waals surface area contributed by atoms with E-state index in [4.69, 9.17) is 27.5 Å². The van der Waals surface area contributed by atoms with Gasteiger partial charge in [-0.15, -0.1) is 6.42 Å². The fraction of sp³-hybridized carbons (Fsp3) is 0.222. The number of carbonyl (C=O) groups is 1. The first-order valence-electron chi connectivity index (χ1n) is 7.51. The van der Waals surface area contributed by atoms with Crippen molar-refractivity contribution in [3.8, 4) is 12.3 Å². The Morgan fingerprint density at radius 3 is 2.46 bits per heavy atom. The molecular formula is C18H16F3N3O2. The number of nitrogens with one attached hydrogen (secondary N) is 1. The molecular weight excluding hydrogens is 347 g/mol. The van der Waals surface area contributed by atoms with E-state index in [-0.39, 0.29) is 5.96 Å². The second-order valence-corrected chi connectivity index (χ2v) is 5.74. The van der Waals surface area contributed by atoms with Gasteiger partial charge in [-0.3, -0.25) is 5.41 Å².